The molecule has 112 valence electrons. The smallest absolute Gasteiger partial charge is 0.163 e. The predicted octanol–water partition coefficient (Wildman–Crippen LogP) is 1.86. The molecule has 1 aromatic heterocycles. The van der Waals surface area contributed by atoms with Gasteiger partial charge in [-0.2, -0.15) is 0 Å². The first kappa shape index (κ1) is 15.2. The van der Waals surface area contributed by atoms with E-state index in [-0.39, 0.29) is 18.6 Å². The minimum atomic E-state index is -0.0749. The van der Waals surface area contributed by atoms with Crippen molar-refractivity contribution < 1.29 is 5.11 Å². The second kappa shape index (κ2) is 7.01. The molecule has 5 N–H and O–H groups in total. The van der Waals surface area contributed by atoms with Gasteiger partial charge in [-0.25, -0.2) is 15.8 Å². The van der Waals surface area contributed by atoms with E-state index < -0.39 is 0 Å². The number of hydrogen-bond donors (Lipinski definition) is 4. The van der Waals surface area contributed by atoms with Crippen molar-refractivity contribution in [2.45, 2.75) is 19.9 Å². The summed E-state index contributed by atoms with van der Waals surface area (Å²) in [6.07, 6.45) is 0. The van der Waals surface area contributed by atoms with E-state index in [2.05, 4.69) is 20.7 Å². The zero-order valence-electron chi connectivity index (χ0n) is 12.2. The molecule has 0 spiro atoms. The van der Waals surface area contributed by atoms with Gasteiger partial charge < -0.3 is 15.8 Å². The molecule has 0 saturated carbocycles. The van der Waals surface area contributed by atoms with Crippen LogP contribution >= 0.6 is 0 Å². The van der Waals surface area contributed by atoms with Crippen molar-refractivity contribution in [3.05, 3.63) is 36.4 Å². The lowest BCUT2D eigenvalue weighted by Crippen LogP contribution is -2.30. The summed E-state index contributed by atoms with van der Waals surface area (Å²) < 4.78 is 0. The molecule has 0 unspecified atom stereocenters. The lowest BCUT2D eigenvalue weighted by atomic mass is 10.1. The molecule has 0 aliphatic heterocycles. The lowest BCUT2D eigenvalue weighted by molar-refractivity contribution is 0.249. The molecule has 0 aliphatic rings. The molecule has 6 heteroatoms. The van der Waals surface area contributed by atoms with Gasteiger partial charge in [0, 0.05) is 11.6 Å². The largest absolute Gasteiger partial charge is 0.394 e. The number of nitrogen functional groups attached to an aromatic ring is 1. The van der Waals surface area contributed by atoms with Crippen molar-refractivity contribution in [3.8, 4) is 11.4 Å². The van der Waals surface area contributed by atoms with E-state index in [1.54, 1.807) is 6.07 Å². The van der Waals surface area contributed by atoms with Crippen LogP contribution < -0.4 is 16.6 Å². The maximum atomic E-state index is 9.42. The Balaban J connectivity index is 2.34. The number of nitrogens with two attached hydrogens (primary N) is 1. The molecule has 1 aromatic carbocycles. The normalized spacial score (nSPS) is 12.2. The highest BCUT2D eigenvalue weighted by Gasteiger charge is 2.14. The Morgan fingerprint density at radius 1 is 1.14 bits per heavy atom. The third kappa shape index (κ3) is 3.90. The van der Waals surface area contributed by atoms with Gasteiger partial charge in [0.25, 0.3) is 0 Å². The fourth-order valence-corrected chi connectivity index (χ4v) is 1.92. The average molecular weight is 287 g/mol. The average Bonchev–Trinajstić information content (AvgIpc) is 2.52. The summed E-state index contributed by atoms with van der Waals surface area (Å²) in [6, 6.07) is 11.3. The first-order chi connectivity index (χ1) is 10.1. The van der Waals surface area contributed by atoms with Crippen molar-refractivity contribution in [2.24, 2.45) is 11.8 Å². The van der Waals surface area contributed by atoms with E-state index in [1.807, 2.05) is 44.2 Å². The van der Waals surface area contributed by atoms with E-state index in [0.717, 1.165) is 5.56 Å². The van der Waals surface area contributed by atoms with E-state index in [1.165, 1.54) is 0 Å². The van der Waals surface area contributed by atoms with Gasteiger partial charge in [-0.15, -0.1) is 0 Å². The van der Waals surface area contributed by atoms with Crippen LogP contribution in [0.4, 0.5) is 11.6 Å². The molecule has 0 bridgehead atoms. The zero-order valence-corrected chi connectivity index (χ0v) is 12.2. The summed E-state index contributed by atoms with van der Waals surface area (Å²) in [5.41, 5.74) is 3.45. The molecule has 0 fully saturated rings. The summed E-state index contributed by atoms with van der Waals surface area (Å²) >= 11 is 0. The number of benzene rings is 1. The number of aliphatic hydroxyl groups excluding tert-OH is 1. The fraction of sp³-hybridized carbons (Fsp3) is 0.333. The van der Waals surface area contributed by atoms with Gasteiger partial charge in [0.1, 0.15) is 11.6 Å². The SMILES string of the molecule is CC(C)[C@@H](CO)Nc1cc(NN)nc(-c2ccccc2)n1. The number of hydrogen-bond acceptors (Lipinski definition) is 6. The Kier molecular flexibility index (Phi) is 5.08. The number of rotatable bonds is 6. The van der Waals surface area contributed by atoms with Crippen molar-refractivity contribution in [2.75, 3.05) is 17.3 Å². The van der Waals surface area contributed by atoms with Gasteiger partial charge in [0.15, 0.2) is 5.82 Å². The first-order valence-electron chi connectivity index (χ1n) is 6.92. The Morgan fingerprint density at radius 2 is 1.81 bits per heavy atom. The van der Waals surface area contributed by atoms with E-state index >= 15 is 0 Å². The van der Waals surface area contributed by atoms with Gasteiger partial charge in [-0.05, 0) is 5.92 Å². The molecular formula is C15H21N5O. The van der Waals surface area contributed by atoms with Gasteiger partial charge >= 0.3 is 0 Å². The Morgan fingerprint density at radius 3 is 2.38 bits per heavy atom. The van der Waals surface area contributed by atoms with Gasteiger partial charge in [-0.1, -0.05) is 44.2 Å². The minimum Gasteiger partial charge on any atom is -0.394 e. The Hall–Kier alpha value is -2.18. The Labute approximate surface area is 124 Å². The highest BCUT2D eigenvalue weighted by molar-refractivity contribution is 5.61. The lowest BCUT2D eigenvalue weighted by Gasteiger charge is -2.21. The number of aromatic nitrogens is 2. The molecule has 2 aromatic rings. The highest BCUT2D eigenvalue weighted by atomic mass is 16.3. The quantitative estimate of drug-likeness (QED) is 0.478. The summed E-state index contributed by atoms with van der Waals surface area (Å²) in [6.45, 7) is 4.11. The van der Waals surface area contributed by atoms with Crippen LogP contribution in [-0.4, -0.2) is 27.7 Å². The molecule has 0 aliphatic carbocycles. The number of anilines is 2. The molecule has 0 amide bonds. The topological polar surface area (TPSA) is 96.1 Å². The second-order valence-electron chi connectivity index (χ2n) is 5.15. The first-order valence-corrected chi connectivity index (χ1v) is 6.92. The van der Waals surface area contributed by atoms with Crippen LogP contribution in [-0.2, 0) is 0 Å². The van der Waals surface area contributed by atoms with Crippen molar-refractivity contribution in [1.82, 2.24) is 9.97 Å². The second-order valence-corrected chi connectivity index (χ2v) is 5.15. The maximum absolute atomic E-state index is 9.42. The molecule has 6 nitrogen and oxygen atoms in total. The predicted molar refractivity (Wildman–Crippen MR) is 84.6 cm³/mol. The molecule has 0 saturated heterocycles. The molecule has 1 atom stereocenters. The number of hydrazine groups is 1. The zero-order chi connectivity index (χ0) is 15.2. The molecule has 0 radical (unpaired) electrons. The number of aliphatic hydroxyl groups is 1. The molecule has 2 rings (SSSR count). The van der Waals surface area contributed by atoms with Crippen LogP contribution in [0.3, 0.4) is 0 Å². The molecule has 21 heavy (non-hydrogen) atoms. The summed E-state index contributed by atoms with van der Waals surface area (Å²) in [7, 11) is 0. The van der Waals surface area contributed by atoms with Crippen LogP contribution in [0.25, 0.3) is 11.4 Å². The fourth-order valence-electron chi connectivity index (χ4n) is 1.92. The maximum Gasteiger partial charge on any atom is 0.163 e. The van der Waals surface area contributed by atoms with Crippen LogP contribution in [0.15, 0.2) is 36.4 Å². The monoisotopic (exact) mass is 287 g/mol. The highest BCUT2D eigenvalue weighted by Crippen LogP contribution is 2.20. The third-order valence-electron chi connectivity index (χ3n) is 3.24. The van der Waals surface area contributed by atoms with Crippen molar-refractivity contribution >= 4 is 11.6 Å². The Bertz CT molecular complexity index is 574. The van der Waals surface area contributed by atoms with Crippen LogP contribution in [0.1, 0.15) is 13.8 Å². The van der Waals surface area contributed by atoms with E-state index in [9.17, 15) is 5.11 Å². The molecular weight excluding hydrogens is 266 g/mol. The van der Waals surface area contributed by atoms with E-state index in [0.29, 0.717) is 17.5 Å². The van der Waals surface area contributed by atoms with Gasteiger partial charge in [0.05, 0.1) is 12.6 Å². The number of nitrogens with one attached hydrogen (secondary N) is 2. The number of nitrogens with zero attached hydrogens (tertiary/aromatic N) is 2. The third-order valence-corrected chi connectivity index (χ3v) is 3.24. The summed E-state index contributed by atoms with van der Waals surface area (Å²) in [5.74, 6) is 7.48. The van der Waals surface area contributed by atoms with Crippen LogP contribution in [0.2, 0.25) is 0 Å². The molecule has 1 heterocycles. The summed E-state index contributed by atoms with van der Waals surface area (Å²) in [4.78, 5) is 8.84. The van der Waals surface area contributed by atoms with Crippen molar-refractivity contribution in [3.63, 3.8) is 0 Å². The summed E-state index contributed by atoms with van der Waals surface area (Å²) in [5, 5.41) is 12.6. The van der Waals surface area contributed by atoms with Crippen LogP contribution in [0.5, 0.6) is 0 Å². The minimum absolute atomic E-state index is 0.0354. The standard InChI is InChI=1S/C15H21N5O/c1-10(2)12(9-21)17-13-8-14(20-16)19-15(18-13)11-6-4-3-5-7-11/h3-8,10,12,21H,9,16H2,1-2H3,(H2,17,18,19,20)/t12-/m1/s1. The van der Waals surface area contributed by atoms with Gasteiger partial charge in [0.2, 0.25) is 0 Å². The van der Waals surface area contributed by atoms with E-state index in [4.69, 9.17) is 5.84 Å². The van der Waals surface area contributed by atoms with Crippen molar-refractivity contribution in [1.29, 1.82) is 0 Å². The van der Waals surface area contributed by atoms with Gasteiger partial charge in [-0.3, -0.25) is 0 Å². The van der Waals surface area contributed by atoms with Crippen LogP contribution in [0, 0.1) is 5.92 Å².